The first-order valence-electron chi connectivity index (χ1n) is 4.56. The van der Waals surface area contributed by atoms with Crippen molar-refractivity contribution in [3.05, 3.63) is 34.1 Å². The van der Waals surface area contributed by atoms with Crippen molar-refractivity contribution in [1.82, 2.24) is 5.32 Å². The lowest BCUT2D eigenvalue weighted by Crippen LogP contribution is -2.36. The molecule has 0 aliphatic heterocycles. The first-order chi connectivity index (χ1) is 7.93. The Hall–Kier alpha value is -1.47. The van der Waals surface area contributed by atoms with Gasteiger partial charge in [0.2, 0.25) is 0 Å². The topological polar surface area (TPSA) is 86.6 Å². The molecule has 0 saturated carbocycles. The molecule has 1 aromatic carbocycles. The molecule has 1 rings (SSSR count). The Bertz CT molecular complexity index is 432. The Labute approximate surface area is 104 Å². The van der Waals surface area contributed by atoms with Crippen molar-refractivity contribution in [2.24, 2.45) is 0 Å². The number of carbonyl (C=O) groups is 2. The van der Waals surface area contributed by atoms with E-state index in [1.165, 1.54) is 12.1 Å². The highest BCUT2D eigenvalue weighted by Gasteiger charge is 2.18. The smallest absolute Gasteiger partial charge is 0.334 e. The van der Waals surface area contributed by atoms with Crippen LogP contribution < -0.4 is 5.32 Å². The summed E-state index contributed by atoms with van der Waals surface area (Å²) in [6.45, 7) is -0.491. The minimum atomic E-state index is -1.72. The van der Waals surface area contributed by atoms with Gasteiger partial charge in [0.15, 0.2) is 6.10 Å². The maximum Gasteiger partial charge on any atom is 0.334 e. The fraction of sp³-hybridized carbons (Fsp3) is 0.200. The van der Waals surface area contributed by atoms with E-state index < -0.39 is 30.3 Å². The fourth-order valence-electron chi connectivity index (χ4n) is 1.08. The molecule has 0 spiro atoms. The Kier molecular flexibility index (Phi) is 4.59. The van der Waals surface area contributed by atoms with Gasteiger partial charge >= 0.3 is 5.97 Å². The summed E-state index contributed by atoms with van der Waals surface area (Å²) in [4.78, 5) is 21.8. The van der Waals surface area contributed by atoms with Crippen molar-refractivity contribution in [3.63, 3.8) is 0 Å². The lowest BCUT2D eigenvalue weighted by molar-refractivity contribution is -0.146. The summed E-state index contributed by atoms with van der Waals surface area (Å²) in [5.74, 6) is -2.99. The first kappa shape index (κ1) is 13.6. The molecule has 3 N–H and O–H groups in total. The molecule has 5 nitrogen and oxygen atoms in total. The molecule has 0 heterocycles. The molecular weight excluding hydrogens is 297 g/mol. The van der Waals surface area contributed by atoms with Crippen LogP contribution in [0.15, 0.2) is 22.7 Å². The molecule has 0 bridgehead atoms. The monoisotopic (exact) mass is 305 g/mol. The van der Waals surface area contributed by atoms with Crippen LogP contribution in [0, 0.1) is 5.82 Å². The summed E-state index contributed by atoms with van der Waals surface area (Å²) in [7, 11) is 0. The molecule has 0 fully saturated rings. The third-order valence-electron chi connectivity index (χ3n) is 1.93. The van der Waals surface area contributed by atoms with E-state index in [0.717, 1.165) is 6.07 Å². The number of hydrogen-bond donors (Lipinski definition) is 3. The molecule has 1 atom stereocenters. The van der Waals surface area contributed by atoms with E-state index in [0.29, 0.717) is 0 Å². The van der Waals surface area contributed by atoms with E-state index in [9.17, 15) is 14.0 Å². The van der Waals surface area contributed by atoms with Crippen molar-refractivity contribution in [3.8, 4) is 0 Å². The second-order valence-electron chi connectivity index (χ2n) is 3.16. The highest BCUT2D eigenvalue weighted by atomic mass is 79.9. The fourth-order valence-corrected chi connectivity index (χ4v) is 1.60. The van der Waals surface area contributed by atoms with Gasteiger partial charge in [-0.1, -0.05) is 6.07 Å². The highest BCUT2D eigenvalue weighted by Crippen LogP contribution is 2.19. The second-order valence-corrected chi connectivity index (χ2v) is 4.02. The van der Waals surface area contributed by atoms with Crippen molar-refractivity contribution >= 4 is 27.8 Å². The van der Waals surface area contributed by atoms with Gasteiger partial charge in [-0.15, -0.1) is 0 Å². The summed E-state index contributed by atoms with van der Waals surface area (Å²) in [5, 5.41) is 19.5. The Morgan fingerprint density at radius 2 is 2.12 bits per heavy atom. The zero-order valence-corrected chi connectivity index (χ0v) is 10.1. The van der Waals surface area contributed by atoms with E-state index >= 15 is 0 Å². The number of halogens is 2. The average molecular weight is 306 g/mol. The summed E-state index contributed by atoms with van der Waals surface area (Å²) in [5.41, 5.74) is -0.231. The molecular formula is C10H9BrFNO4. The van der Waals surface area contributed by atoms with Gasteiger partial charge < -0.3 is 15.5 Å². The quantitative estimate of drug-likeness (QED) is 0.766. The van der Waals surface area contributed by atoms with E-state index in [4.69, 9.17) is 10.2 Å². The van der Waals surface area contributed by atoms with Gasteiger partial charge in [0.05, 0.1) is 12.1 Å². The minimum Gasteiger partial charge on any atom is -0.479 e. The van der Waals surface area contributed by atoms with Gasteiger partial charge in [-0.25, -0.2) is 9.18 Å². The molecule has 17 heavy (non-hydrogen) atoms. The summed E-state index contributed by atoms with van der Waals surface area (Å²) >= 11 is 3.00. The number of amides is 1. The molecule has 7 heteroatoms. The van der Waals surface area contributed by atoms with Gasteiger partial charge in [-0.3, -0.25) is 4.79 Å². The Morgan fingerprint density at radius 1 is 1.47 bits per heavy atom. The molecule has 0 aliphatic rings. The Balaban J connectivity index is 2.74. The molecule has 92 valence electrons. The molecule has 0 radical (unpaired) electrons. The first-order valence-corrected chi connectivity index (χ1v) is 5.36. The van der Waals surface area contributed by atoms with Crippen LogP contribution >= 0.6 is 15.9 Å². The normalized spacial score (nSPS) is 11.9. The zero-order chi connectivity index (χ0) is 13.0. The van der Waals surface area contributed by atoms with Gasteiger partial charge in [0.1, 0.15) is 5.82 Å². The van der Waals surface area contributed by atoms with E-state index in [1.54, 1.807) is 0 Å². The number of nitrogens with one attached hydrogen (secondary N) is 1. The standard InChI is InChI=1S/C10H9BrFNO4/c11-5-2-1-3-6(12)8(5)9(15)13-4-7(14)10(16)17/h1-3,7,14H,4H2,(H,13,15)(H,16,17). The predicted molar refractivity (Wildman–Crippen MR) is 60.1 cm³/mol. The molecule has 1 unspecified atom stereocenters. The number of carbonyl (C=O) groups excluding carboxylic acids is 1. The second kappa shape index (κ2) is 5.74. The lowest BCUT2D eigenvalue weighted by atomic mass is 10.2. The van der Waals surface area contributed by atoms with E-state index in [1.807, 2.05) is 0 Å². The van der Waals surface area contributed by atoms with Crippen molar-refractivity contribution in [1.29, 1.82) is 0 Å². The van der Waals surface area contributed by atoms with Gasteiger partial charge in [-0.2, -0.15) is 0 Å². The highest BCUT2D eigenvalue weighted by molar-refractivity contribution is 9.10. The molecule has 0 saturated heterocycles. The van der Waals surface area contributed by atoms with Crippen LogP contribution in [-0.4, -0.2) is 34.7 Å². The number of rotatable bonds is 4. The lowest BCUT2D eigenvalue weighted by Gasteiger charge is -2.09. The molecule has 0 aromatic heterocycles. The van der Waals surface area contributed by atoms with Crippen molar-refractivity contribution in [2.75, 3.05) is 6.54 Å². The van der Waals surface area contributed by atoms with Crippen molar-refractivity contribution < 1.29 is 24.2 Å². The van der Waals surface area contributed by atoms with Gasteiger partial charge in [-0.05, 0) is 28.1 Å². The zero-order valence-electron chi connectivity index (χ0n) is 8.48. The van der Waals surface area contributed by atoms with Gasteiger partial charge in [0.25, 0.3) is 5.91 Å². The largest absolute Gasteiger partial charge is 0.479 e. The predicted octanol–water partition coefficient (Wildman–Crippen LogP) is 0.763. The van der Waals surface area contributed by atoms with Crippen LogP contribution in [0.25, 0.3) is 0 Å². The van der Waals surface area contributed by atoms with Crippen LogP contribution in [0.4, 0.5) is 4.39 Å². The van der Waals surface area contributed by atoms with Crippen LogP contribution in [0.3, 0.4) is 0 Å². The average Bonchev–Trinajstić information content (AvgIpc) is 2.25. The van der Waals surface area contributed by atoms with Crippen LogP contribution in [-0.2, 0) is 4.79 Å². The number of carboxylic acids is 1. The van der Waals surface area contributed by atoms with E-state index in [-0.39, 0.29) is 10.0 Å². The Morgan fingerprint density at radius 3 is 2.65 bits per heavy atom. The third kappa shape index (κ3) is 3.50. The number of aliphatic hydroxyl groups is 1. The van der Waals surface area contributed by atoms with Crippen LogP contribution in [0.1, 0.15) is 10.4 Å². The van der Waals surface area contributed by atoms with Crippen LogP contribution in [0.5, 0.6) is 0 Å². The van der Waals surface area contributed by atoms with Crippen LogP contribution in [0.2, 0.25) is 0 Å². The minimum absolute atomic E-state index is 0.231. The summed E-state index contributed by atoms with van der Waals surface area (Å²) in [6, 6.07) is 4.00. The maximum atomic E-state index is 13.3. The number of aliphatic hydroxyl groups excluding tert-OH is 1. The SMILES string of the molecule is O=C(NCC(O)C(=O)O)c1c(F)cccc1Br. The summed E-state index contributed by atoms with van der Waals surface area (Å²) in [6.07, 6.45) is -1.72. The molecule has 1 amide bonds. The van der Waals surface area contributed by atoms with E-state index in [2.05, 4.69) is 21.2 Å². The number of hydrogen-bond acceptors (Lipinski definition) is 3. The summed E-state index contributed by atoms with van der Waals surface area (Å²) < 4.78 is 13.6. The van der Waals surface area contributed by atoms with Gasteiger partial charge in [0, 0.05) is 4.47 Å². The number of benzene rings is 1. The van der Waals surface area contributed by atoms with Crippen molar-refractivity contribution in [2.45, 2.75) is 6.10 Å². The molecule has 1 aromatic rings. The number of aliphatic carboxylic acids is 1. The molecule has 0 aliphatic carbocycles. The number of carboxylic acid groups (broad SMARTS) is 1. The third-order valence-corrected chi connectivity index (χ3v) is 2.59. The maximum absolute atomic E-state index is 13.3.